The van der Waals surface area contributed by atoms with Gasteiger partial charge in [-0.15, -0.1) is 0 Å². The van der Waals surface area contributed by atoms with E-state index >= 15 is 0 Å². The van der Waals surface area contributed by atoms with E-state index in [4.69, 9.17) is 0 Å². The predicted molar refractivity (Wildman–Crippen MR) is 82.9 cm³/mol. The van der Waals surface area contributed by atoms with Crippen LogP contribution < -0.4 is 9.47 Å². The van der Waals surface area contributed by atoms with Crippen molar-refractivity contribution in [1.82, 2.24) is 0 Å². The molecule has 0 aliphatic carbocycles. The summed E-state index contributed by atoms with van der Waals surface area (Å²) in [5.74, 6) is -16.4. The predicted octanol–water partition coefficient (Wildman–Crippen LogP) is 6.34. The van der Waals surface area contributed by atoms with E-state index in [0.717, 1.165) is 0 Å². The largest absolute Gasteiger partial charge is 0.484 e. The SMILES string of the molecule is Fc1ccc(OCC(F)(F)CC(F)(F)CC(F)(F)Oc2ccc(F)cc2F)c(F)c1. The average molecular weight is 450 g/mol. The van der Waals surface area contributed by atoms with Crippen molar-refractivity contribution < 1.29 is 53.4 Å². The Morgan fingerprint density at radius 2 is 1.13 bits per heavy atom. The zero-order chi connectivity index (χ0) is 22.7. The molecule has 0 saturated heterocycles. The van der Waals surface area contributed by atoms with Gasteiger partial charge in [-0.3, -0.25) is 0 Å². The molecule has 0 aromatic heterocycles. The maximum absolute atomic E-state index is 13.8. The van der Waals surface area contributed by atoms with Crippen molar-refractivity contribution in [2.24, 2.45) is 0 Å². The minimum atomic E-state index is -4.79. The van der Waals surface area contributed by atoms with Gasteiger partial charge in [-0.25, -0.2) is 35.1 Å². The second-order valence-corrected chi connectivity index (χ2v) is 6.24. The van der Waals surface area contributed by atoms with E-state index in [1.54, 1.807) is 0 Å². The molecule has 0 bridgehead atoms. The standard InChI is InChI=1S/C18H12F10O2/c19-10-1-3-14(12(21)5-10)29-9-17(25,26)7-16(23,24)8-18(27,28)30-15-4-2-11(20)6-13(15)22/h1-6H,7-9H2. The smallest absolute Gasteiger partial charge is 0.403 e. The summed E-state index contributed by atoms with van der Waals surface area (Å²) in [6.07, 6.45) is -9.78. The second-order valence-electron chi connectivity index (χ2n) is 6.24. The molecule has 166 valence electrons. The summed E-state index contributed by atoms with van der Waals surface area (Å²) in [6.45, 7) is -1.82. The Morgan fingerprint density at radius 3 is 1.63 bits per heavy atom. The van der Waals surface area contributed by atoms with Crippen LogP contribution in [0.15, 0.2) is 36.4 Å². The molecule has 30 heavy (non-hydrogen) atoms. The van der Waals surface area contributed by atoms with E-state index in [1.165, 1.54) is 0 Å². The summed E-state index contributed by atoms with van der Waals surface area (Å²) < 4.78 is 143. The third-order valence-corrected chi connectivity index (χ3v) is 3.47. The van der Waals surface area contributed by atoms with Gasteiger partial charge in [0.2, 0.25) is 0 Å². The van der Waals surface area contributed by atoms with E-state index in [9.17, 15) is 43.9 Å². The lowest BCUT2D eigenvalue weighted by Crippen LogP contribution is -2.40. The highest BCUT2D eigenvalue weighted by Gasteiger charge is 2.51. The molecule has 2 aromatic carbocycles. The zero-order valence-corrected chi connectivity index (χ0v) is 14.7. The Morgan fingerprint density at radius 1 is 0.633 bits per heavy atom. The van der Waals surface area contributed by atoms with Crippen molar-refractivity contribution >= 4 is 0 Å². The first-order valence-corrected chi connectivity index (χ1v) is 8.03. The van der Waals surface area contributed by atoms with Crippen molar-refractivity contribution in [3.05, 3.63) is 59.7 Å². The van der Waals surface area contributed by atoms with Crippen molar-refractivity contribution in [3.63, 3.8) is 0 Å². The highest BCUT2D eigenvalue weighted by atomic mass is 19.3. The van der Waals surface area contributed by atoms with Crippen LogP contribution in [0.25, 0.3) is 0 Å². The van der Waals surface area contributed by atoms with Gasteiger partial charge < -0.3 is 9.47 Å². The van der Waals surface area contributed by atoms with Gasteiger partial charge in [-0.2, -0.15) is 8.78 Å². The maximum Gasteiger partial charge on any atom is 0.403 e. The normalized spacial score (nSPS) is 12.7. The molecule has 0 heterocycles. The fourth-order valence-electron chi connectivity index (χ4n) is 2.32. The summed E-state index contributed by atoms with van der Waals surface area (Å²) in [6, 6.07) is 2.69. The minimum Gasteiger partial charge on any atom is -0.484 e. The van der Waals surface area contributed by atoms with Crippen LogP contribution >= 0.6 is 0 Å². The molecule has 0 aliphatic rings. The average Bonchev–Trinajstić information content (AvgIpc) is 2.54. The molecule has 12 heteroatoms. The Labute approximate surface area is 163 Å². The Bertz CT molecular complexity index is 885. The number of alkyl halides is 6. The molecule has 2 aromatic rings. The van der Waals surface area contributed by atoms with Gasteiger partial charge in [0.15, 0.2) is 29.7 Å². The van der Waals surface area contributed by atoms with E-state index in [0.29, 0.717) is 30.3 Å². The molecule has 0 aliphatic heterocycles. The molecule has 0 radical (unpaired) electrons. The van der Waals surface area contributed by atoms with Crippen LogP contribution in [0.3, 0.4) is 0 Å². The van der Waals surface area contributed by atoms with Crippen LogP contribution in [0.4, 0.5) is 43.9 Å². The van der Waals surface area contributed by atoms with Gasteiger partial charge in [-0.1, -0.05) is 0 Å². The van der Waals surface area contributed by atoms with Crippen LogP contribution in [0.5, 0.6) is 11.5 Å². The molecule has 0 N–H and O–H groups in total. The highest BCUT2D eigenvalue weighted by Crippen LogP contribution is 2.40. The van der Waals surface area contributed by atoms with Gasteiger partial charge in [0.05, 0.1) is 6.42 Å². The lowest BCUT2D eigenvalue weighted by atomic mass is 10.1. The number of hydrogen-bond donors (Lipinski definition) is 0. The molecule has 0 unspecified atom stereocenters. The van der Waals surface area contributed by atoms with Crippen molar-refractivity contribution in [3.8, 4) is 11.5 Å². The van der Waals surface area contributed by atoms with Crippen LogP contribution in [0.2, 0.25) is 0 Å². The number of benzene rings is 2. The van der Waals surface area contributed by atoms with Crippen molar-refractivity contribution in [1.29, 1.82) is 0 Å². The molecule has 0 amide bonds. The molecule has 2 nitrogen and oxygen atoms in total. The van der Waals surface area contributed by atoms with E-state index in [-0.39, 0.29) is 6.07 Å². The van der Waals surface area contributed by atoms with Crippen LogP contribution in [0.1, 0.15) is 12.8 Å². The van der Waals surface area contributed by atoms with Gasteiger partial charge in [0.25, 0.3) is 11.8 Å². The summed E-state index contributed by atoms with van der Waals surface area (Å²) >= 11 is 0. The van der Waals surface area contributed by atoms with Crippen molar-refractivity contribution in [2.45, 2.75) is 30.8 Å². The molecular weight excluding hydrogens is 438 g/mol. The first-order valence-electron chi connectivity index (χ1n) is 8.03. The van der Waals surface area contributed by atoms with E-state index < -0.39 is 72.2 Å². The fraction of sp³-hybridized carbons (Fsp3) is 0.333. The third kappa shape index (κ3) is 6.99. The lowest BCUT2D eigenvalue weighted by molar-refractivity contribution is -0.235. The first-order chi connectivity index (χ1) is 13.7. The van der Waals surface area contributed by atoms with Gasteiger partial charge in [-0.05, 0) is 24.3 Å². The molecule has 2 rings (SSSR count). The van der Waals surface area contributed by atoms with Gasteiger partial charge >= 0.3 is 6.11 Å². The first kappa shape index (κ1) is 23.6. The number of rotatable bonds is 9. The second kappa shape index (κ2) is 8.60. The topological polar surface area (TPSA) is 18.5 Å². The third-order valence-electron chi connectivity index (χ3n) is 3.47. The minimum absolute atomic E-state index is 0.156. The molecule has 0 saturated carbocycles. The van der Waals surface area contributed by atoms with Gasteiger partial charge in [0.1, 0.15) is 18.1 Å². The lowest BCUT2D eigenvalue weighted by Gasteiger charge is -2.27. The zero-order valence-electron chi connectivity index (χ0n) is 14.7. The van der Waals surface area contributed by atoms with E-state index in [1.807, 2.05) is 0 Å². The van der Waals surface area contributed by atoms with Gasteiger partial charge in [0, 0.05) is 12.1 Å². The Hall–Kier alpha value is -2.66. The number of halogens is 10. The monoisotopic (exact) mass is 450 g/mol. The fourth-order valence-corrected chi connectivity index (χ4v) is 2.32. The molecular formula is C18H12F10O2. The van der Waals surface area contributed by atoms with E-state index in [2.05, 4.69) is 9.47 Å². The number of hydrogen-bond acceptors (Lipinski definition) is 2. The molecule has 0 spiro atoms. The summed E-state index contributed by atoms with van der Waals surface area (Å²) in [4.78, 5) is 0. The Kier molecular flexibility index (Phi) is 6.77. The molecule has 0 atom stereocenters. The number of ether oxygens (including phenoxy) is 2. The summed E-state index contributed by atoms with van der Waals surface area (Å²) in [5, 5.41) is 0. The highest BCUT2D eigenvalue weighted by molar-refractivity contribution is 5.25. The quantitative estimate of drug-likeness (QED) is 0.415. The van der Waals surface area contributed by atoms with Crippen LogP contribution in [-0.2, 0) is 0 Å². The van der Waals surface area contributed by atoms with Crippen LogP contribution in [0, 0.1) is 23.3 Å². The van der Waals surface area contributed by atoms with Crippen molar-refractivity contribution in [2.75, 3.05) is 6.61 Å². The molecule has 0 fully saturated rings. The summed E-state index contributed by atoms with van der Waals surface area (Å²) in [7, 11) is 0. The summed E-state index contributed by atoms with van der Waals surface area (Å²) in [5.41, 5.74) is 0. The van der Waals surface area contributed by atoms with Crippen LogP contribution in [-0.4, -0.2) is 24.6 Å². The Balaban J connectivity index is 2.00. The maximum atomic E-state index is 13.8.